The van der Waals surface area contributed by atoms with Crippen LogP contribution in [0.5, 0.6) is 0 Å². The van der Waals surface area contributed by atoms with Gasteiger partial charge < -0.3 is 32.9 Å². The fraction of sp³-hybridized carbons (Fsp3) is 0.353. The van der Waals surface area contributed by atoms with Crippen molar-refractivity contribution in [3.8, 4) is 0 Å². The molecule has 9 N–H and O–H groups in total. The maximum Gasteiger partial charge on any atom is 0.322 e. The van der Waals surface area contributed by atoms with Crippen LogP contribution < -0.4 is 27.8 Å². The lowest BCUT2D eigenvalue weighted by Crippen LogP contribution is -2.51. The van der Waals surface area contributed by atoms with Crippen molar-refractivity contribution >= 4 is 23.7 Å². The minimum atomic E-state index is -1.18. The van der Waals surface area contributed by atoms with Gasteiger partial charge in [-0.15, -0.1) is 0 Å². The second-order valence-corrected chi connectivity index (χ2v) is 5.76. The third-order valence-corrected chi connectivity index (χ3v) is 3.51. The smallest absolute Gasteiger partial charge is 0.322 e. The Hall–Kier alpha value is -3.14. The Morgan fingerprint density at radius 2 is 1.78 bits per heavy atom. The Kier molecular flexibility index (Phi) is 9.30. The maximum atomic E-state index is 12.3. The number of aliphatic carboxylic acids is 1. The molecule has 1 radical (unpaired) electrons. The largest absolute Gasteiger partial charge is 0.480 e. The molecule has 1 aromatic rings. The van der Waals surface area contributed by atoms with E-state index >= 15 is 0 Å². The average molecular weight is 377 g/mol. The molecule has 0 saturated heterocycles. The molecule has 0 saturated carbocycles. The molecular formula is C17H25N6O4. The molecule has 147 valence electrons. The number of nitrogens with two attached hydrogens (primary N) is 3. The zero-order valence-corrected chi connectivity index (χ0v) is 14.9. The summed E-state index contributed by atoms with van der Waals surface area (Å²) in [6.45, 7) is -0.222. The van der Waals surface area contributed by atoms with E-state index in [4.69, 9.17) is 22.3 Å². The lowest BCUT2D eigenvalue weighted by Gasteiger charge is -2.20. The Bertz CT molecular complexity index is 661. The van der Waals surface area contributed by atoms with Crippen molar-refractivity contribution in [2.75, 3.05) is 13.1 Å². The minimum Gasteiger partial charge on any atom is -0.480 e. The number of carbonyl (C=O) groups excluding carboxylic acids is 2. The summed E-state index contributed by atoms with van der Waals surface area (Å²) < 4.78 is 0. The van der Waals surface area contributed by atoms with Gasteiger partial charge in [0.1, 0.15) is 18.6 Å². The van der Waals surface area contributed by atoms with Crippen molar-refractivity contribution in [3.05, 3.63) is 41.9 Å². The van der Waals surface area contributed by atoms with Crippen LogP contribution in [-0.4, -0.2) is 48.0 Å². The predicted octanol–water partition coefficient (Wildman–Crippen LogP) is -1.54. The van der Waals surface area contributed by atoms with E-state index < -0.39 is 30.4 Å². The van der Waals surface area contributed by atoms with Crippen molar-refractivity contribution < 1.29 is 19.5 Å². The topological polar surface area (TPSA) is 186 Å². The SMILES string of the molecule is N[C](CCCN=C(N)N)C(=O)NC(Cc1ccccc1)C(=O)NCC(=O)O. The maximum absolute atomic E-state index is 12.3. The van der Waals surface area contributed by atoms with E-state index in [9.17, 15) is 14.4 Å². The van der Waals surface area contributed by atoms with Crippen molar-refractivity contribution in [3.63, 3.8) is 0 Å². The van der Waals surface area contributed by atoms with Crippen LogP contribution in [-0.2, 0) is 20.8 Å². The molecular weight excluding hydrogens is 352 g/mol. The van der Waals surface area contributed by atoms with Crippen molar-refractivity contribution in [1.29, 1.82) is 0 Å². The third-order valence-electron chi connectivity index (χ3n) is 3.51. The van der Waals surface area contributed by atoms with E-state index in [-0.39, 0.29) is 24.8 Å². The quantitative estimate of drug-likeness (QED) is 0.153. The molecule has 1 aromatic carbocycles. The first-order valence-electron chi connectivity index (χ1n) is 8.30. The van der Waals surface area contributed by atoms with Gasteiger partial charge >= 0.3 is 5.97 Å². The number of hydrogen-bond donors (Lipinski definition) is 6. The summed E-state index contributed by atoms with van der Waals surface area (Å²) in [7, 11) is 0. The summed E-state index contributed by atoms with van der Waals surface area (Å²) in [4.78, 5) is 39.0. The number of carbonyl (C=O) groups is 3. The fourth-order valence-corrected chi connectivity index (χ4v) is 2.19. The Morgan fingerprint density at radius 1 is 1.11 bits per heavy atom. The van der Waals surface area contributed by atoms with Crippen LogP contribution in [0.25, 0.3) is 0 Å². The highest BCUT2D eigenvalue weighted by molar-refractivity contribution is 5.94. The van der Waals surface area contributed by atoms with E-state index in [0.29, 0.717) is 13.0 Å². The van der Waals surface area contributed by atoms with Gasteiger partial charge in [-0.05, 0) is 18.4 Å². The Morgan fingerprint density at radius 3 is 2.37 bits per heavy atom. The Labute approximate surface area is 157 Å². The van der Waals surface area contributed by atoms with Gasteiger partial charge in [0.25, 0.3) is 0 Å². The standard InChI is InChI=1S/C17H25N6O4/c18-12(7-4-8-21-17(19)20)15(26)23-13(16(27)22-10-14(24)25)9-11-5-2-1-3-6-11/h1-3,5-6,13H,4,7-10,18H2,(H,22,27)(H,23,26)(H,24,25)(H4,19,20,21). The van der Waals surface area contributed by atoms with E-state index in [0.717, 1.165) is 5.56 Å². The number of carboxylic acid groups (broad SMARTS) is 1. The molecule has 10 heteroatoms. The molecule has 0 aliphatic carbocycles. The van der Waals surface area contributed by atoms with Gasteiger partial charge in [0, 0.05) is 13.0 Å². The lowest BCUT2D eigenvalue weighted by atomic mass is 10.0. The van der Waals surface area contributed by atoms with Crippen LogP contribution in [0.15, 0.2) is 35.3 Å². The summed E-state index contributed by atoms with van der Waals surface area (Å²) in [5.41, 5.74) is 17.0. The molecule has 0 heterocycles. The predicted molar refractivity (Wildman–Crippen MR) is 100 cm³/mol. The number of nitrogens with zero attached hydrogens (tertiary/aromatic N) is 1. The molecule has 27 heavy (non-hydrogen) atoms. The highest BCUT2D eigenvalue weighted by atomic mass is 16.4. The van der Waals surface area contributed by atoms with Crippen LogP contribution in [0, 0.1) is 6.04 Å². The highest BCUT2D eigenvalue weighted by Crippen LogP contribution is 2.07. The molecule has 0 spiro atoms. The minimum absolute atomic E-state index is 0.0323. The van der Waals surface area contributed by atoms with Crippen molar-refractivity contribution in [2.24, 2.45) is 22.2 Å². The van der Waals surface area contributed by atoms with Gasteiger partial charge in [0.05, 0.1) is 0 Å². The number of hydrogen-bond acceptors (Lipinski definition) is 5. The lowest BCUT2D eigenvalue weighted by molar-refractivity contribution is -0.138. The third kappa shape index (κ3) is 9.21. The zero-order valence-electron chi connectivity index (χ0n) is 14.9. The van der Waals surface area contributed by atoms with Gasteiger partial charge in [0.15, 0.2) is 5.96 Å². The van der Waals surface area contributed by atoms with E-state index in [2.05, 4.69) is 15.6 Å². The van der Waals surface area contributed by atoms with Crippen LogP contribution in [0.3, 0.4) is 0 Å². The zero-order chi connectivity index (χ0) is 20.2. The van der Waals surface area contributed by atoms with Gasteiger partial charge in [-0.25, -0.2) is 0 Å². The molecule has 0 bridgehead atoms. The molecule has 0 fully saturated rings. The monoisotopic (exact) mass is 377 g/mol. The number of amides is 2. The number of carboxylic acids is 1. The molecule has 1 unspecified atom stereocenters. The van der Waals surface area contributed by atoms with Crippen LogP contribution in [0.4, 0.5) is 0 Å². The molecule has 0 aromatic heterocycles. The number of aliphatic imine (C=N–C) groups is 1. The number of benzene rings is 1. The van der Waals surface area contributed by atoms with Crippen LogP contribution in [0.1, 0.15) is 18.4 Å². The fourth-order valence-electron chi connectivity index (χ4n) is 2.19. The number of guanidine groups is 1. The highest BCUT2D eigenvalue weighted by Gasteiger charge is 2.24. The molecule has 1 atom stereocenters. The van der Waals surface area contributed by atoms with Gasteiger partial charge in [-0.2, -0.15) is 0 Å². The van der Waals surface area contributed by atoms with Gasteiger partial charge in [-0.3, -0.25) is 19.4 Å². The number of rotatable bonds is 11. The summed E-state index contributed by atoms with van der Waals surface area (Å²) in [6, 6.07) is 8.09. The second-order valence-electron chi connectivity index (χ2n) is 5.76. The average Bonchev–Trinajstić information content (AvgIpc) is 2.63. The summed E-state index contributed by atoms with van der Waals surface area (Å²) in [5, 5.41) is 13.5. The van der Waals surface area contributed by atoms with E-state index in [1.54, 1.807) is 24.3 Å². The molecule has 0 aliphatic heterocycles. The first-order valence-corrected chi connectivity index (χ1v) is 8.30. The summed E-state index contributed by atoms with van der Waals surface area (Å²) in [6.07, 6.45) is 0.905. The number of nitrogens with one attached hydrogen (secondary N) is 2. The van der Waals surface area contributed by atoms with Gasteiger partial charge in [-0.1, -0.05) is 30.3 Å². The Balaban J connectivity index is 2.68. The van der Waals surface area contributed by atoms with E-state index in [1.165, 1.54) is 0 Å². The van der Waals surface area contributed by atoms with E-state index in [1.807, 2.05) is 6.07 Å². The first-order chi connectivity index (χ1) is 12.8. The molecule has 1 rings (SSSR count). The summed E-state index contributed by atoms with van der Waals surface area (Å²) in [5.74, 6) is -2.43. The molecule has 0 aliphatic rings. The van der Waals surface area contributed by atoms with Crippen molar-refractivity contribution in [1.82, 2.24) is 10.6 Å². The molecule has 2 amide bonds. The first kappa shape index (κ1) is 21.9. The van der Waals surface area contributed by atoms with Crippen molar-refractivity contribution in [2.45, 2.75) is 25.3 Å². The normalized spacial score (nSPS) is 11.5. The second kappa shape index (κ2) is 11.5. The summed E-state index contributed by atoms with van der Waals surface area (Å²) >= 11 is 0. The van der Waals surface area contributed by atoms with Gasteiger partial charge in [0.2, 0.25) is 11.8 Å². The van der Waals surface area contributed by atoms with Crippen LogP contribution in [0.2, 0.25) is 0 Å². The molecule has 10 nitrogen and oxygen atoms in total. The van der Waals surface area contributed by atoms with Crippen LogP contribution >= 0.6 is 0 Å².